The minimum atomic E-state index is -2.20. The van der Waals surface area contributed by atoms with Crippen LogP contribution >= 0.6 is 19.5 Å². The Labute approximate surface area is 94.7 Å². The third-order valence-electron chi connectivity index (χ3n) is 1.20. The zero-order valence-corrected chi connectivity index (χ0v) is 9.97. The Bertz CT molecular complexity index is 128. The van der Waals surface area contributed by atoms with E-state index >= 15 is 0 Å². The van der Waals surface area contributed by atoms with Gasteiger partial charge in [0, 0.05) is 0 Å². The average Bonchev–Trinajstić information content (AvgIpc) is 2.09. The first-order valence-electron chi connectivity index (χ1n) is 3.31. The fourth-order valence-corrected chi connectivity index (χ4v) is 0.805. The Morgan fingerprint density at radius 1 is 0.929 bits per heavy atom. The molecule has 0 saturated carbocycles. The van der Waals surface area contributed by atoms with Gasteiger partial charge in [-0.3, -0.25) is 0 Å². The molecular weight excluding hydrogens is 251 g/mol. The van der Waals surface area contributed by atoms with E-state index in [1.54, 1.807) is 0 Å². The van der Waals surface area contributed by atoms with Gasteiger partial charge in [0.25, 0.3) is 0 Å². The minimum Gasteiger partial charge on any atom is -1.00 e. The number of hydrogen-bond acceptors (Lipinski definition) is 5. The highest BCUT2D eigenvalue weighted by molar-refractivity contribution is 7.80. The van der Waals surface area contributed by atoms with E-state index in [4.69, 9.17) is 20.4 Å². The van der Waals surface area contributed by atoms with Crippen molar-refractivity contribution in [2.45, 2.75) is 0 Å². The Kier molecular flexibility index (Phi) is 16.0. The Morgan fingerprint density at radius 3 is 1.07 bits per heavy atom. The van der Waals surface area contributed by atoms with E-state index in [1.165, 1.54) is 0 Å². The molecule has 14 heavy (non-hydrogen) atoms. The molecule has 0 atom stereocenters. The van der Waals surface area contributed by atoms with Crippen LogP contribution in [0.2, 0.25) is 0 Å². The van der Waals surface area contributed by atoms with E-state index in [2.05, 4.69) is 23.7 Å². The van der Waals surface area contributed by atoms with Crippen LogP contribution in [0, 0.1) is 0 Å². The highest BCUT2D eigenvalue weighted by Gasteiger charge is 2.34. The van der Waals surface area contributed by atoms with Crippen LogP contribution < -0.4 is 23.9 Å². The topological polar surface area (TPSA) is 133 Å². The molecule has 0 radical (unpaired) electrons. The molecule has 0 aromatic heterocycles. The summed E-state index contributed by atoms with van der Waals surface area (Å²) in [6.45, 7) is 0. The molecule has 6 nitrogen and oxygen atoms in total. The van der Waals surface area contributed by atoms with Crippen molar-refractivity contribution in [1.29, 1.82) is 0 Å². The van der Waals surface area contributed by atoms with Gasteiger partial charge in [-0.1, -0.05) is 0 Å². The second kappa shape index (κ2) is 11.3. The highest BCUT2D eigenvalue weighted by atomic mass is 35.5. The summed E-state index contributed by atoms with van der Waals surface area (Å²) in [4.78, 5) is 0. The van der Waals surface area contributed by atoms with Crippen molar-refractivity contribution in [3.63, 3.8) is 0 Å². The number of aliphatic hydroxyl groups is 4. The van der Waals surface area contributed by atoms with Crippen LogP contribution in [0.5, 0.6) is 0 Å². The van der Waals surface area contributed by atoms with Gasteiger partial charge in [-0.25, -0.2) is 0 Å². The van der Waals surface area contributed by atoms with E-state index in [1.807, 2.05) is 0 Å². The van der Waals surface area contributed by atoms with Gasteiger partial charge in [0.15, 0.2) is 30.5 Å². The van der Waals surface area contributed by atoms with Gasteiger partial charge in [0.2, 0.25) is 0 Å². The second-order valence-corrected chi connectivity index (χ2v) is 6.60. The minimum absolute atomic E-state index is 0. The van der Waals surface area contributed by atoms with Crippen LogP contribution in [0.15, 0.2) is 0 Å². The van der Waals surface area contributed by atoms with Crippen molar-refractivity contribution in [2.24, 2.45) is 11.5 Å². The molecule has 0 spiro atoms. The molecule has 0 bridgehead atoms. The van der Waals surface area contributed by atoms with E-state index in [9.17, 15) is 0 Å². The quantitative estimate of drug-likeness (QED) is 0.222. The predicted molar refractivity (Wildman–Crippen MR) is 56.2 cm³/mol. The van der Waals surface area contributed by atoms with E-state index in [0.717, 1.165) is 0 Å². The lowest BCUT2D eigenvalue weighted by Gasteiger charge is -2.15. The van der Waals surface area contributed by atoms with Crippen LogP contribution in [0.3, 0.4) is 0 Å². The molecule has 0 saturated heterocycles. The monoisotopic (exact) mass is 266 g/mol. The summed E-state index contributed by atoms with van der Waals surface area (Å²) in [5.74, 6) is 0. The van der Waals surface area contributed by atoms with Crippen LogP contribution in [0.25, 0.3) is 0 Å². The zero-order chi connectivity index (χ0) is 10.9. The third kappa shape index (κ3) is 10.3. The molecule has 0 rings (SSSR count). The van der Waals surface area contributed by atoms with Crippen LogP contribution in [0.1, 0.15) is 0 Å². The second-order valence-electron chi connectivity index (χ2n) is 2.31. The summed E-state index contributed by atoms with van der Waals surface area (Å²) in [5, 5.41) is 34.2. The molecule has 0 aliphatic heterocycles. The molecular formula is C5H16ClN2O4PS. The average molecular weight is 267 g/mol. The summed E-state index contributed by atoms with van der Waals surface area (Å²) in [6.07, 6.45) is -1.18. The number of rotatable bonds is 4. The number of halogens is 1. The number of aliphatic hydroxyl groups excluding tert-OH is 4. The predicted octanol–water partition coefficient (Wildman–Crippen LogP) is -5.00. The summed E-state index contributed by atoms with van der Waals surface area (Å²) in [7, 11) is -2.20. The standard InChI is InChI=1S/C4H12O4P.CH4N2S.ClH/c5-1-9(2-6,3-7)4-8;2-1(3)4;/h5-8H,1-4H2;(H4,2,3,4);1H/q+1;;/p-1. The van der Waals surface area contributed by atoms with Gasteiger partial charge in [-0.15, -0.1) is 0 Å². The van der Waals surface area contributed by atoms with Gasteiger partial charge in [-0.2, -0.15) is 0 Å². The molecule has 0 aliphatic carbocycles. The molecule has 0 aromatic carbocycles. The molecule has 0 aromatic rings. The van der Waals surface area contributed by atoms with E-state index in [0.29, 0.717) is 0 Å². The van der Waals surface area contributed by atoms with Crippen molar-refractivity contribution in [3.8, 4) is 0 Å². The first-order valence-corrected chi connectivity index (χ1v) is 6.25. The maximum absolute atomic E-state index is 8.55. The lowest BCUT2D eigenvalue weighted by molar-refractivity contribution is -0.00000651. The van der Waals surface area contributed by atoms with Crippen molar-refractivity contribution in [3.05, 3.63) is 0 Å². The normalized spacial score (nSPS) is 9.43. The molecule has 88 valence electrons. The first-order chi connectivity index (χ1) is 5.97. The maximum atomic E-state index is 8.55. The highest BCUT2D eigenvalue weighted by Crippen LogP contribution is 2.54. The molecule has 9 heteroatoms. The summed E-state index contributed by atoms with van der Waals surface area (Å²) in [6, 6.07) is 0. The van der Waals surface area contributed by atoms with Crippen LogP contribution in [-0.4, -0.2) is 50.9 Å². The van der Waals surface area contributed by atoms with Crippen molar-refractivity contribution in [2.75, 3.05) is 25.4 Å². The Balaban J connectivity index is -0.000000209. The summed E-state index contributed by atoms with van der Waals surface area (Å²) >= 11 is 4.09. The SMILES string of the molecule is NC(N)=S.OC[P+](CO)(CO)CO.[Cl-]. The largest absolute Gasteiger partial charge is 1.00 e. The van der Waals surface area contributed by atoms with Crippen molar-refractivity contribution < 1.29 is 32.8 Å². The number of thiocarbonyl (C=S) groups is 1. The molecule has 0 heterocycles. The van der Waals surface area contributed by atoms with E-state index < -0.39 is 7.26 Å². The third-order valence-corrected chi connectivity index (χ3v) is 3.60. The molecule has 0 unspecified atom stereocenters. The smallest absolute Gasteiger partial charge is 0.161 e. The fraction of sp³-hybridized carbons (Fsp3) is 0.800. The lowest BCUT2D eigenvalue weighted by Crippen LogP contribution is -3.00. The van der Waals surface area contributed by atoms with Gasteiger partial charge in [-0.05, 0) is 12.2 Å². The van der Waals surface area contributed by atoms with Crippen LogP contribution in [-0.2, 0) is 0 Å². The molecule has 0 fully saturated rings. The Morgan fingerprint density at radius 2 is 1.07 bits per heavy atom. The van der Waals surface area contributed by atoms with Gasteiger partial charge >= 0.3 is 0 Å². The zero-order valence-electron chi connectivity index (χ0n) is 7.51. The van der Waals surface area contributed by atoms with Crippen molar-refractivity contribution in [1.82, 2.24) is 0 Å². The lowest BCUT2D eigenvalue weighted by atomic mass is 11.3. The molecule has 8 N–H and O–H groups in total. The molecule has 0 amide bonds. The van der Waals surface area contributed by atoms with Crippen molar-refractivity contribution >= 4 is 24.6 Å². The van der Waals surface area contributed by atoms with Gasteiger partial charge in [0.05, 0.1) is 0 Å². The molecule has 0 aliphatic rings. The fourth-order valence-electron chi connectivity index (χ4n) is 0.268. The van der Waals surface area contributed by atoms with Gasteiger partial charge < -0.3 is 44.3 Å². The summed E-state index contributed by atoms with van der Waals surface area (Å²) in [5.41, 5.74) is 9.24. The Hall–Kier alpha value is 0.250. The first kappa shape index (κ1) is 19.8. The summed E-state index contributed by atoms with van der Waals surface area (Å²) < 4.78 is 0. The van der Waals surface area contributed by atoms with Crippen LogP contribution in [0.4, 0.5) is 0 Å². The maximum Gasteiger partial charge on any atom is 0.161 e. The van der Waals surface area contributed by atoms with E-state index in [-0.39, 0.29) is 42.9 Å². The van der Waals surface area contributed by atoms with Gasteiger partial charge in [0.1, 0.15) is 7.26 Å². The number of hydrogen-bond donors (Lipinski definition) is 6. The number of nitrogens with two attached hydrogens (primary N) is 2.